The lowest BCUT2D eigenvalue weighted by Gasteiger charge is -2.35. The maximum absolute atomic E-state index is 13.3. The van der Waals surface area contributed by atoms with Gasteiger partial charge in [0.2, 0.25) is 0 Å². The number of aliphatic carboxylic acids is 1. The first-order valence-corrected chi connectivity index (χ1v) is 6.48. The van der Waals surface area contributed by atoms with E-state index in [1.807, 2.05) is 25.7 Å². The van der Waals surface area contributed by atoms with Crippen molar-refractivity contribution in [2.75, 3.05) is 6.54 Å². The van der Waals surface area contributed by atoms with Crippen LogP contribution in [0, 0.1) is 5.82 Å². The van der Waals surface area contributed by atoms with Crippen molar-refractivity contribution in [3.8, 4) is 0 Å². The summed E-state index contributed by atoms with van der Waals surface area (Å²) in [7, 11) is 0. The maximum Gasteiger partial charge on any atom is 0.304 e. The molecule has 1 aromatic rings. The van der Waals surface area contributed by atoms with E-state index in [2.05, 4.69) is 0 Å². The number of carbonyl (C=O) groups is 1. The Bertz CT molecular complexity index is 437. The highest BCUT2D eigenvalue weighted by Gasteiger charge is 2.22. The number of halogens is 2. The largest absolute Gasteiger partial charge is 0.481 e. The van der Waals surface area contributed by atoms with Crippen molar-refractivity contribution in [3.05, 3.63) is 34.6 Å². The third-order valence-corrected chi connectivity index (χ3v) is 3.06. The Morgan fingerprint density at radius 1 is 1.37 bits per heavy atom. The van der Waals surface area contributed by atoms with E-state index in [0.29, 0.717) is 18.1 Å². The Hall–Kier alpha value is -1.13. The Morgan fingerprint density at radius 3 is 2.47 bits per heavy atom. The zero-order valence-electron chi connectivity index (χ0n) is 11.4. The summed E-state index contributed by atoms with van der Waals surface area (Å²) in [5.74, 6) is -1.22. The number of carboxylic acid groups (broad SMARTS) is 1. The summed E-state index contributed by atoms with van der Waals surface area (Å²) in [6, 6.07) is 4.37. The van der Waals surface area contributed by atoms with Gasteiger partial charge in [0.1, 0.15) is 5.82 Å². The van der Waals surface area contributed by atoms with Gasteiger partial charge in [-0.05, 0) is 44.5 Å². The minimum Gasteiger partial charge on any atom is -0.481 e. The van der Waals surface area contributed by atoms with Crippen LogP contribution in [0.4, 0.5) is 4.39 Å². The molecule has 0 aromatic heterocycles. The summed E-state index contributed by atoms with van der Waals surface area (Å²) < 4.78 is 13.3. The smallest absolute Gasteiger partial charge is 0.304 e. The van der Waals surface area contributed by atoms with E-state index in [4.69, 9.17) is 16.7 Å². The second kappa shape index (κ2) is 6.35. The number of hydrogen-bond donors (Lipinski definition) is 1. The quantitative estimate of drug-likeness (QED) is 0.900. The fourth-order valence-corrected chi connectivity index (χ4v) is 2.05. The predicted octanol–water partition coefficient (Wildman–Crippen LogP) is 3.55. The molecule has 0 aliphatic carbocycles. The molecule has 0 aliphatic rings. The number of rotatable bonds is 5. The standard InChI is InChI=1S/C14H19ClFNO2/c1-14(2,3)17(5-4-13(18)19)9-10-6-11(15)8-12(16)7-10/h6-8H,4-5,9H2,1-3H3,(H,18,19). The predicted molar refractivity (Wildman–Crippen MR) is 73.8 cm³/mol. The van der Waals surface area contributed by atoms with Crippen molar-refractivity contribution in [2.24, 2.45) is 0 Å². The first-order valence-electron chi connectivity index (χ1n) is 6.10. The number of nitrogens with zero attached hydrogens (tertiary/aromatic N) is 1. The Morgan fingerprint density at radius 2 is 2.00 bits per heavy atom. The van der Waals surface area contributed by atoms with E-state index < -0.39 is 5.97 Å². The number of benzene rings is 1. The van der Waals surface area contributed by atoms with Crippen molar-refractivity contribution in [2.45, 2.75) is 39.3 Å². The molecule has 5 heteroatoms. The molecular formula is C14H19ClFNO2. The monoisotopic (exact) mass is 287 g/mol. The Balaban J connectivity index is 2.84. The van der Waals surface area contributed by atoms with Gasteiger partial charge in [0.05, 0.1) is 6.42 Å². The third-order valence-electron chi connectivity index (χ3n) is 2.84. The highest BCUT2D eigenvalue weighted by atomic mass is 35.5. The summed E-state index contributed by atoms with van der Waals surface area (Å²) >= 11 is 5.82. The lowest BCUT2D eigenvalue weighted by atomic mass is 10.0. The molecule has 0 radical (unpaired) electrons. The van der Waals surface area contributed by atoms with Crippen molar-refractivity contribution in [1.29, 1.82) is 0 Å². The lowest BCUT2D eigenvalue weighted by molar-refractivity contribution is -0.137. The van der Waals surface area contributed by atoms with Crippen LogP contribution in [-0.4, -0.2) is 28.1 Å². The van der Waals surface area contributed by atoms with Gasteiger partial charge < -0.3 is 5.11 Å². The number of carboxylic acids is 1. The maximum atomic E-state index is 13.3. The molecule has 0 spiro atoms. The summed E-state index contributed by atoms with van der Waals surface area (Å²) in [6.07, 6.45) is 0.0559. The van der Waals surface area contributed by atoms with Crippen molar-refractivity contribution in [3.63, 3.8) is 0 Å². The molecule has 0 atom stereocenters. The molecule has 1 N–H and O–H groups in total. The average Bonchev–Trinajstić information content (AvgIpc) is 2.20. The van der Waals surface area contributed by atoms with Gasteiger partial charge in [0.25, 0.3) is 0 Å². The molecule has 0 unspecified atom stereocenters. The lowest BCUT2D eigenvalue weighted by Crippen LogP contribution is -2.42. The molecule has 0 amide bonds. The van der Waals surface area contributed by atoms with Crippen LogP contribution in [0.3, 0.4) is 0 Å². The Kier molecular flexibility index (Phi) is 5.32. The van der Waals surface area contributed by atoms with Crippen LogP contribution < -0.4 is 0 Å². The second-order valence-electron chi connectivity index (χ2n) is 5.51. The molecule has 1 rings (SSSR count). The number of hydrogen-bond acceptors (Lipinski definition) is 2. The summed E-state index contributed by atoms with van der Waals surface area (Å²) in [5, 5.41) is 9.12. The first-order chi connectivity index (χ1) is 8.68. The summed E-state index contributed by atoms with van der Waals surface area (Å²) in [6.45, 7) is 6.86. The molecule has 0 bridgehead atoms. The molecule has 0 fully saturated rings. The van der Waals surface area contributed by atoms with Gasteiger partial charge in [0.15, 0.2) is 0 Å². The first kappa shape index (κ1) is 15.9. The Labute approximate surface area is 118 Å². The fraction of sp³-hybridized carbons (Fsp3) is 0.500. The van der Waals surface area contributed by atoms with Crippen LogP contribution >= 0.6 is 11.6 Å². The van der Waals surface area contributed by atoms with Crippen LogP contribution in [0.5, 0.6) is 0 Å². The van der Waals surface area contributed by atoms with Crippen LogP contribution in [-0.2, 0) is 11.3 Å². The van der Waals surface area contributed by atoms with Crippen LogP contribution in [0.25, 0.3) is 0 Å². The van der Waals surface area contributed by atoms with Crippen molar-refractivity contribution >= 4 is 17.6 Å². The van der Waals surface area contributed by atoms with Crippen LogP contribution in [0.15, 0.2) is 18.2 Å². The topological polar surface area (TPSA) is 40.5 Å². The molecule has 0 aliphatic heterocycles. The highest BCUT2D eigenvalue weighted by Crippen LogP contribution is 2.20. The highest BCUT2D eigenvalue weighted by molar-refractivity contribution is 6.30. The van der Waals surface area contributed by atoms with Gasteiger partial charge in [0, 0.05) is 23.7 Å². The average molecular weight is 288 g/mol. The van der Waals surface area contributed by atoms with Gasteiger partial charge in [-0.1, -0.05) is 11.6 Å². The third kappa shape index (κ3) is 5.57. The van der Waals surface area contributed by atoms with E-state index in [0.717, 1.165) is 5.56 Å². The van der Waals surface area contributed by atoms with Gasteiger partial charge in [-0.25, -0.2) is 4.39 Å². The van der Waals surface area contributed by atoms with Crippen molar-refractivity contribution < 1.29 is 14.3 Å². The molecular weight excluding hydrogens is 269 g/mol. The van der Waals surface area contributed by atoms with E-state index in [1.54, 1.807) is 6.07 Å². The molecule has 106 valence electrons. The van der Waals surface area contributed by atoms with E-state index >= 15 is 0 Å². The van der Waals surface area contributed by atoms with Gasteiger partial charge >= 0.3 is 5.97 Å². The van der Waals surface area contributed by atoms with Gasteiger partial charge in [-0.15, -0.1) is 0 Å². The normalized spacial score (nSPS) is 11.9. The van der Waals surface area contributed by atoms with Gasteiger partial charge in [-0.2, -0.15) is 0 Å². The van der Waals surface area contributed by atoms with Crippen molar-refractivity contribution in [1.82, 2.24) is 4.90 Å². The molecule has 0 saturated carbocycles. The van der Waals surface area contributed by atoms with Crippen LogP contribution in [0.2, 0.25) is 5.02 Å². The van der Waals surface area contributed by atoms with E-state index in [-0.39, 0.29) is 17.8 Å². The molecule has 19 heavy (non-hydrogen) atoms. The van der Waals surface area contributed by atoms with E-state index in [9.17, 15) is 9.18 Å². The SMILES string of the molecule is CC(C)(C)N(CCC(=O)O)Cc1cc(F)cc(Cl)c1. The minimum absolute atomic E-state index is 0.0559. The van der Waals surface area contributed by atoms with E-state index in [1.165, 1.54) is 12.1 Å². The zero-order chi connectivity index (χ0) is 14.6. The molecule has 1 aromatic carbocycles. The minimum atomic E-state index is -0.841. The fourth-order valence-electron chi connectivity index (χ4n) is 1.80. The summed E-state index contributed by atoms with van der Waals surface area (Å²) in [5.41, 5.74) is 0.541. The second-order valence-corrected chi connectivity index (χ2v) is 5.95. The molecule has 3 nitrogen and oxygen atoms in total. The molecule has 0 saturated heterocycles. The van der Waals surface area contributed by atoms with Gasteiger partial charge in [-0.3, -0.25) is 9.69 Å². The summed E-state index contributed by atoms with van der Waals surface area (Å²) in [4.78, 5) is 12.7. The van der Waals surface area contributed by atoms with Crippen LogP contribution in [0.1, 0.15) is 32.8 Å². The molecule has 0 heterocycles. The zero-order valence-corrected chi connectivity index (χ0v) is 12.2.